The number of alkyl carbamates (subject to hydrolysis) is 1. The Hall–Kier alpha value is -2.57. The molecule has 1 aromatic carbocycles. The van der Waals surface area contributed by atoms with E-state index in [1.807, 2.05) is 24.3 Å². The third-order valence-corrected chi connectivity index (χ3v) is 4.44. The number of carbonyl (C=O) groups is 3. The van der Waals surface area contributed by atoms with Gasteiger partial charge in [-0.1, -0.05) is 25.0 Å². The molecule has 0 heterocycles. The summed E-state index contributed by atoms with van der Waals surface area (Å²) in [5, 5.41) is 8.08. The summed E-state index contributed by atoms with van der Waals surface area (Å²) in [4.78, 5) is 35.6. The molecule has 1 aromatic rings. The lowest BCUT2D eigenvalue weighted by atomic mass is 10.0. The molecule has 7 heteroatoms. The largest absolute Gasteiger partial charge is 0.444 e. The fourth-order valence-corrected chi connectivity index (χ4v) is 3.18. The summed E-state index contributed by atoms with van der Waals surface area (Å²) < 4.78 is 5.08. The fraction of sp³-hybridized carbons (Fsp3) is 0.571. The summed E-state index contributed by atoms with van der Waals surface area (Å²) in [5.41, 5.74) is 0.981. The number of anilines is 1. The van der Waals surface area contributed by atoms with Gasteiger partial charge in [-0.05, 0) is 57.2 Å². The monoisotopic (exact) mass is 389 g/mol. The SMILES string of the molecule is CC(C)(C)OC(=O)NCC(=O)NCc1cccc(NC(=O)CC2CCCC2)c1. The number of ether oxygens (including phenoxy) is 1. The van der Waals surface area contributed by atoms with Crippen molar-refractivity contribution < 1.29 is 19.1 Å². The van der Waals surface area contributed by atoms with Gasteiger partial charge in [-0.3, -0.25) is 9.59 Å². The zero-order chi connectivity index (χ0) is 20.6. The summed E-state index contributed by atoms with van der Waals surface area (Å²) >= 11 is 0. The van der Waals surface area contributed by atoms with Gasteiger partial charge >= 0.3 is 6.09 Å². The van der Waals surface area contributed by atoms with Crippen molar-refractivity contribution in [3.63, 3.8) is 0 Å². The summed E-state index contributed by atoms with van der Waals surface area (Å²) in [6, 6.07) is 7.38. The highest BCUT2D eigenvalue weighted by molar-refractivity contribution is 5.91. The van der Waals surface area contributed by atoms with E-state index >= 15 is 0 Å². The van der Waals surface area contributed by atoms with Crippen molar-refractivity contribution in [1.29, 1.82) is 0 Å². The maximum absolute atomic E-state index is 12.2. The predicted octanol–water partition coefficient (Wildman–Crippen LogP) is 3.35. The molecule has 1 saturated carbocycles. The second-order valence-corrected chi connectivity index (χ2v) is 8.24. The Morgan fingerprint density at radius 1 is 1.07 bits per heavy atom. The second kappa shape index (κ2) is 10.1. The van der Waals surface area contributed by atoms with E-state index in [1.54, 1.807) is 20.8 Å². The summed E-state index contributed by atoms with van der Waals surface area (Å²) in [5.74, 6) is 0.219. The minimum Gasteiger partial charge on any atom is -0.444 e. The minimum atomic E-state index is -0.630. The Morgan fingerprint density at radius 3 is 2.46 bits per heavy atom. The molecule has 3 amide bonds. The number of carbonyl (C=O) groups excluding carboxylic acids is 3. The lowest BCUT2D eigenvalue weighted by Gasteiger charge is -2.19. The molecule has 0 aliphatic heterocycles. The van der Waals surface area contributed by atoms with Crippen LogP contribution in [0.4, 0.5) is 10.5 Å². The van der Waals surface area contributed by atoms with E-state index in [1.165, 1.54) is 12.8 Å². The summed E-state index contributed by atoms with van der Waals surface area (Å²) in [6.07, 6.45) is 4.64. The maximum Gasteiger partial charge on any atom is 0.408 e. The molecule has 2 rings (SSSR count). The van der Waals surface area contributed by atoms with Crippen LogP contribution in [0.2, 0.25) is 0 Å². The first-order chi connectivity index (χ1) is 13.2. The molecule has 0 unspecified atom stereocenters. The van der Waals surface area contributed by atoms with Crippen LogP contribution < -0.4 is 16.0 Å². The van der Waals surface area contributed by atoms with Crippen LogP contribution >= 0.6 is 0 Å². The van der Waals surface area contributed by atoms with Gasteiger partial charge in [0, 0.05) is 18.7 Å². The molecule has 154 valence electrons. The fourth-order valence-electron chi connectivity index (χ4n) is 3.18. The Morgan fingerprint density at radius 2 is 1.79 bits per heavy atom. The van der Waals surface area contributed by atoms with Crippen LogP contribution in [0.1, 0.15) is 58.4 Å². The number of nitrogens with one attached hydrogen (secondary N) is 3. The Bertz CT molecular complexity index is 691. The van der Waals surface area contributed by atoms with E-state index in [0.717, 1.165) is 24.1 Å². The van der Waals surface area contributed by atoms with Gasteiger partial charge in [-0.2, -0.15) is 0 Å². The van der Waals surface area contributed by atoms with Crippen molar-refractivity contribution in [2.45, 2.75) is 65.0 Å². The maximum atomic E-state index is 12.2. The number of benzene rings is 1. The number of rotatable bonds is 7. The van der Waals surface area contributed by atoms with Gasteiger partial charge in [0.2, 0.25) is 11.8 Å². The first-order valence-corrected chi connectivity index (χ1v) is 9.83. The number of hydrogen-bond donors (Lipinski definition) is 3. The predicted molar refractivity (Wildman–Crippen MR) is 108 cm³/mol. The van der Waals surface area contributed by atoms with Gasteiger partial charge < -0.3 is 20.7 Å². The zero-order valence-corrected chi connectivity index (χ0v) is 17.0. The Labute approximate surface area is 166 Å². The van der Waals surface area contributed by atoms with Crippen LogP contribution in [0.25, 0.3) is 0 Å². The van der Waals surface area contributed by atoms with Gasteiger partial charge in [0.25, 0.3) is 0 Å². The van der Waals surface area contributed by atoms with Crippen LogP contribution in [0.3, 0.4) is 0 Å². The molecule has 0 aromatic heterocycles. The molecule has 28 heavy (non-hydrogen) atoms. The topological polar surface area (TPSA) is 96.5 Å². The quantitative estimate of drug-likeness (QED) is 0.666. The van der Waals surface area contributed by atoms with Crippen molar-refractivity contribution in [3.8, 4) is 0 Å². The minimum absolute atomic E-state index is 0.0367. The summed E-state index contributed by atoms with van der Waals surface area (Å²) in [6.45, 7) is 5.42. The number of hydrogen-bond acceptors (Lipinski definition) is 4. The molecule has 3 N–H and O–H groups in total. The molecule has 0 atom stereocenters. The summed E-state index contributed by atoms with van der Waals surface area (Å²) in [7, 11) is 0. The van der Waals surface area contributed by atoms with E-state index in [9.17, 15) is 14.4 Å². The Kier molecular flexibility index (Phi) is 7.84. The van der Waals surface area contributed by atoms with Crippen LogP contribution in [0.15, 0.2) is 24.3 Å². The molecule has 0 spiro atoms. The van der Waals surface area contributed by atoms with E-state index in [-0.39, 0.29) is 18.4 Å². The first-order valence-electron chi connectivity index (χ1n) is 9.83. The first kappa shape index (κ1) is 21.7. The molecule has 0 radical (unpaired) electrons. The third kappa shape index (κ3) is 8.41. The van der Waals surface area contributed by atoms with Crippen molar-refractivity contribution in [1.82, 2.24) is 10.6 Å². The van der Waals surface area contributed by atoms with Crippen molar-refractivity contribution in [3.05, 3.63) is 29.8 Å². The van der Waals surface area contributed by atoms with Gasteiger partial charge in [0.1, 0.15) is 12.1 Å². The van der Waals surface area contributed by atoms with E-state index in [4.69, 9.17) is 4.74 Å². The van der Waals surface area contributed by atoms with Crippen molar-refractivity contribution >= 4 is 23.6 Å². The van der Waals surface area contributed by atoms with Gasteiger partial charge in [0.05, 0.1) is 0 Å². The van der Waals surface area contributed by atoms with Crippen molar-refractivity contribution in [2.75, 3.05) is 11.9 Å². The normalized spacial score (nSPS) is 14.4. The lowest BCUT2D eigenvalue weighted by Crippen LogP contribution is -2.39. The molecular weight excluding hydrogens is 358 g/mol. The highest BCUT2D eigenvalue weighted by atomic mass is 16.6. The van der Waals surface area contributed by atoms with Gasteiger partial charge in [-0.15, -0.1) is 0 Å². The molecule has 7 nitrogen and oxygen atoms in total. The smallest absolute Gasteiger partial charge is 0.408 e. The van der Waals surface area contributed by atoms with Crippen molar-refractivity contribution in [2.24, 2.45) is 5.92 Å². The lowest BCUT2D eigenvalue weighted by molar-refractivity contribution is -0.120. The standard InChI is InChI=1S/C21H31N3O4/c1-21(2,3)28-20(27)23-14-19(26)22-13-16-9-6-10-17(11-16)24-18(25)12-15-7-4-5-8-15/h6,9-11,15H,4-5,7-8,12-14H2,1-3H3,(H,22,26)(H,23,27)(H,24,25). The molecule has 1 aliphatic carbocycles. The van der Waals surface area contributed by atoms with Gasteiger partial charge in [-0.25, -0.2) is 4.79 Å². The van der Waals surface area contributed by atoms with Crippen LogP contribution in [-0.2, 0) is 20.9 Å². The highest BCUT2D eigenvalue weighted by Crippen LogP contribution is 2.27. The average molecular weight is 389 g/mol. The third-order valence-electron chi connectivity index (χ3n) is 4.44. The van der Waals surface area contributed by atoms with E-state index in [0.29, 0.717) is 18.9 Å². The average Bonchev–Trinajstić information content (AvgIpc) is 3.09. The van der Waals surface area contributed by atoms with Crippen LogP contribution in [0.5, 0.6) is 0 Å². The molecular formula is C21H31N3O4. The van der Waals surface area contributed by atoms with Gasteiger partial charge in [0.15, 0.2) is 0 Å². The number of amides is 3. The van der Waals surface area contributed by atoms with Crippen LogP contribution in [0, 0.1) is 5.92 Å². The van der Waals surface area contributed by atoms with E-state index < -0.39 is 11.7 Å². The Balaban J connectivity index is 1.73. The molecule has 1 aliphatic rings. The van der Waals surface area contributed by atoms with Crippen LogP contribution in [-0.4, -0.2) is 30.1 Å². The highest BCUT2D eigenvalue weighted by Gasteiger charge is 2.18. The van der Waals surface area contributed by atoms with E-state index in [2.05, 4.69) is 16.0 Å². The second-order valence-electron chi connectivity index (χ2n) is 8.24. The zero-order valence-electron chi connectivity index (χ0n) is 17.0. The molecule has 0 bridgehead atoms. The molecule has 0 saturated heterocycles. The molecule has 1 fully saturated rings.